The Hall–Kier alpha value is -2.46. The van der Waals surface area contributed by atoms with Crippen LogP contribution in [0.5, 0.6) is 0 Å². The lowest BCUT2D eigenvalue weighted by Crippen LogP contribution is -2.37. The van der Waals surface area contributed by atoms with Gasteiger partial charge in [-0.05, 0) is 18.3 Å². The third kappa shape index (κ3) is 3.35. The highest BCUT2D eigenvalue weighted by molar-refractivity contribution is 5.65. The van der Waals surface area contributed by atoms with E-state index in [4.69, 9.17) is 5.73 Å². The number of benzene rings is 1. The summed E-state index contributed by atoms with van der Waals surface area (Å²) in [4.78, 5) is 11.6. The summed E-state index contributed by atoms with van der Waals surface area (Å²) in [7, 11) is 0. The van der Waals surface area contributed by atoms with E-state index in [2.05, 4.69) is 58.2 Å². The first-order chi connectivity index (χ1) is 12.2. The molecule has 1 aliphatic carbocycles. The number of fused-ring (bicyclic) bond motifs is 1. The van der Waals surface area contributed by atoms with E-state index in [9.17, 15) is 0 Å². The average molecular weight is 332 g/mol. The van der Waals surface area contributed by atoms with Crippen LogP contribution >= 0.6 is 0 Å². The second kappa shape index (κ2) is 6.81. The van der Waals surface area contributed by atoms with Gasteiger partial charge in [0.1, 0.15) is 0 Å². The molecule has 128 valence electrons. The van der Waals surface area contributed by atoms with Crippen LogP contribution < -0.4 is 5.73 Å². The smallest absolute Gasteiger partial charge is 0.220 e. The van der Waals surface area contributed by atoms with Crippen LogP contribution in [0.3, 0.4) is 0 Å². The summed E-state index contributed by atoms with van der Waals surface area (Å²) in [5.41, 5.74) is 10.5. The van der Waals surface area contributed by atoms with Gasteiger partial charge in [-0.2, -0.15) is 0 Å². The van der Waals surface area contributed by atoms with E-state index in [1.807, 2.05) is 18.2 Å². The molecule has 0 saturated heterocycles. The maximum absolute atomic E-state index is 6.01. The Morgan fingerprint density at radius 3 is 2.72 bits per heavy atom. The van der Waals surface area contributed by atoms with E-state index in [-0.39, 0.29) is 0 Å². The summed E-state index contributed by atoms with van der Waals surface area (Å²) in [6.45, 7) is 5.24. The van der Waals surface area contributed by atoms with E-state index in [0.29, 0.717) is 17.8 Å². The van der Waals surface area contributed by atoms with Gasteiger partial charge in [0.25, 0.3) is 0 Å². The maximum Gasteiger partial charge on any atom is 0.220 e. The zero-order valence-corrected chi connectivity index (χ0v) is 14.6. The number of anilines is 1. The molecule has 1 aromatic heterocycles. The second-order valence-electron chi connectivity index (χ2n) is 7.00. The Morgan fingerprint density at radius 2 is 1.92 bits per heavy atom. The van der Waals surface area contributed by atoms with Gasteiger partial charge in [-0.25, -0.2) is 9.97 Å². The van der Waals surface area contributed by atoms with Crippen LogP contribution in [0.25, 0.3) is 11.3 Å². The molecule has 0 fully saturated rings. The molecule has 2 heterocycles. The number of aromatic nitrogens is 2. The van der Waals surface area contributed by atoms with Gasteiger partial charge in [-0.15, -0.1) is 0 Å². The van der Waals surface area contributed by atoms with Crippen LogP contribution in [0.1, 0.15) is 18.2 Å². The van der Waals surface area contributed by atoms with Crippen LogP contribution in [0.2, 0.25) is 0 Å². The standard InChI is InChI=1S/C21H24N4/c1-15-7-5-6-10-17(15)13-25-12-11-18-19(14-25)23-21(22)24-20(18)16-8-3-2-4-9-16/h2-10,15,17H,11-14H2,1H3,(H2,22,23,24). The third-order valence-electron chi connectivity index (χ3n) is 5.24. The van der Waals surface area contributed by atoms with Crippen molar-refractivity contribution in [3.8, 4) is 11.3 Å². The zero-order chi connectivity index (χ0) is 17.2. The number of hydrogen-bond acceptors (Lipinski definition) is 4. The van der Waals surface area contributed by atoms with Gasteiger partial charge in [0.15, 0.2) is 0 Å². The molecular formula is C21H24N4. The summed E-state index contributed by atoms with van der Waals surface area (Å²) in [5, 5.41) is 0. The van der Waals surface area contributed by atoms with E-state index < -0.39 is 0 Å². The highest BCUT2D eigenvalue weighted by Crippen LogP contribution is 2.30. The van der Waals surface area contributed by atoms with Crippen molar-refractivity contribution in [2.45, 2.75) is 19.9 Å². The molecule has 4 nitrogen and oxygen atoms in total. The molecular weight excluding hydrogens is 308 g/mol. The molecule has 2 atom stereocenters. The first-order valence-corrected chi connectivity index (χ1v) is 8.99. The SMILES string of the molecule is CC1C=CC=CC1CN1CCc2c(nc(N)nc2-c2ccccc2)C1. The fourth-order valence-electron chi connectivity index (χ4n) is 3.78. The third-order valence-corrected chi connectivity index (χ3v) is 5.24. The molecule has 2 aliphatic rings. The fourth-order valence-corrected chi connectivity index (χ4v) is 3.78. The summed E-state index contributed by atoms with van der Waals surface area (Å²) in [6, 6.07) is 10.3. The Bertz CT molecular complexity index is 810. The predicted octanol–water partition coefficient (Wildman–Crippen LogP) is 3.46. The number of nitrogens with two attached hydrogens (primary N) is 1. The molecule has 2 unspecified atom stereocenters. The molecule has 4 rings (SSSR count). The van der Waals surface area contributed by atoms with Gasteiger partial charge in [-0.1, -0.05) is 61.6 Å². The molecule has 4 heteroatoms. The average Bonchev–Trinajstić information content (AvgIpc) is 2.63. The minimum Gasteiger partial charge on any atom is -0.368 e. The van der Waals surface area contributed by atoms with Gasteiger partial charge in [-0.3, -0.25) is 4.90 Å². The molecule has 1 aromatic carbocycles. The lowest BCUT2D eigenvalue weighted by molar-refractivity contribution is 0.211. The largest absolute Gasteiger partial charge is 0.368 e. The number of nitrogens with zero attached hydrogens (tertiary/aromatic N) is 3. The monoisotopic (exact) mass is 332 g/mol. The van der Waals surface area contributed by atoms with Crippen molar-refractivity contribution in [2.24, 2.45) is 11.8 Å². The first kappa shape index (κ1) is 16.0. The van der Waals surface area contributed by atoms with Gasteiger partial charge >= 0.3 is 0 Å². The Morgan fingerprint density at radius 1 is 1.12 bits per heavy atom. The number of rotatable bonds is 3. The molecule has 0 amide bonds. The molecule has 0 spiro atoms. The van der Waals surface area contributed by atoms with Crippen LogP contribution in [-0.2, 0) is 13.0 Å². The van der Waals surface area contributed by atoms with Gasteiger partial charge in [0, 0.05) is 30.8 Å². The molecule has 25 heavy (non-hydrogen) atoms. The second-order valence-corrected chi connectivity index (χ2v) is 7.00. The number of hydrogen-bond donors (Lipinski definition) is 1. The molecule has 0 saturated carbocycles. The van der Waals surface area contributed by atoms with Crippen molar-refractivity contribution in [1.82, 2.24) is 14.9 Å². The van der Waals surface area contributed by atoms with Crippen molar-refractivity contribution in [3.63, 3.8) is 0 Å². The highest BCUT2D eigenvalue weighted by Gasteiger charge is 2.25. The molecule has 2 N–H and O–H groups in total. The van der Waals surface area contributed by atoms with Crippen LogP contribution in [-0.4, -0.2) is 28.0 Å². The maximum atomic E-state index is 6.01. The van der Waals surface area contributed by atoms with E-state index in [1.165, 1.54) is 5.56 Å². The van der Waals surface area contributed by atoms with Gasteiger partial charge < -0.3 is 5.73 Å². The first-order valence-electron chi connectivity index (χ1n) is 8.99. The summed E-state index contributed by atoms with van der Waals surface area (Å²) < 4.78 is 0. The Labute approximate surface area is 149 Å². The minimum absolute atomic E-state index is 0.369. The van der Waals surface area contributed by atoms with Crippen LogP contribution in [0.4, 0.5) is 5.95 Å². The summed E-state index contributed by atoms with van der Waals surface area (Å²) in [6.07, 6.45) is 9.89. The van der Waals surface area contributed by atoms with Crippen molar-refractivity contribution >= 4 is 5.95 Å². The van der Waals surface area contributed by atoms with Crippen LogP contribution in [0.15, 0.2) is 54.6 Å². The lowest BCUT2D eigenvalue weighted by Gasteiger charge is -2.33. The normalized spacial score (nSPS) is 22.8. The van der Waals surface area contributed by atoms with Crippen molar-refractivity contribution in [3.05, 3.63) is 65.9 Å². The van der Waals surface area contributed by atoms with Crippen molar-refractivity contribution in [2.75, 3.05) is 18.8 Å². The number of allylic oxidation sites excluding steroid dienone is 3. The summed E-state index contributed by atoms with van der Waals surface area (Å²) in [5.74, 6) is 1.52. The topological polar surface area (TPSA) is 55.0 Å². The van der Waals surface area contributed by atoms with Crippen LogP contribution in [0, 0.1) is 11.8 Å². The molecule has 2 aromatic rings. The fraction of sp³-hybridized carbons (Fsp3) is 0.333. The predicted molar refractivity (Wildman–Crippen MR) is 102 cm³/mol. The quantitative estimate of drug-likeness (QED) is 0.935. The molecule has 0 bridgehead atoms. The van der Waals surface area contributed by atoms with Gasteiger partial charge in [0.2, 0.25) is 5.95 Å². The molecule has 0 radical (unpaired) electrons. The Balaban J connectivity index is 1.58. The van der Waals surface area contributed by atoms with E-state index >= 15 is 0 Å². The lowest BCUT2D eigenvalue weighted by atomic mass is 9.89. The zero-order valence-electron chi connectivity index (χ0n) is 14.6. The Kier molecular flexibility index (Phi) is 4.36. The molecule has 1 aliphatic heterocycles. The van der Waals surface area contributed by atoms with Crippen molar-refractivity contribution in [1.29, 1.82) is 0 Å². The van der Waals surface area contributed by atoms with Crippen molar-refractivity contribution < 1.29 is 0 Å². The van der Waals surface area contributed by atoms with E-state index in [1.54, 1.807) is 0 Å². The minimum atomic E-state index is 0.369. The van der Waals surface area contributed by atoms with E-state index in [0.717, 1.165) is 43.0 Å². The summed E-state index contributed by atoms with van der Waals surface area (Å²) >= 11 is 0. The highest BCUT2D eigenvalue weighted by atomic mass is 15.2. The number of nitrogen functional groups attached to an aromatic ring is 1. The van der Waals surface area contributed by atoms with Gasteiger partial charge in [0.05, 0.1) is 11.4 Å².